The number of anilines is 2. The molecule has 2 fully saturated rings. The van der Waals surface area contributed by atoms with E-state index in [1.807, 2.05) is 18.2 Å². The van der Waals surface area contributed by atoms with E-state index in [1.165, 1.54) is 36.5 Å². The van der Waals surface area contributed by atoms with Crippen molar-refractivity contribution in [3.8, 4) is 0 Å². The van der Waals surface area contributed by atoms with Crippen molar-refractivity contribution in [1.29, 1.82) is 0 Å². The molecule has 1 heterocycles. The first-order valence-electron chi connectivity index (χ1n) is 11.2. The molecule has 3 aromatic rings. The van der Waals surface area contributed by atoms with Gasteiger partial charge in [0, 0.05) is 11.3 Å². The molecule has 3 aliphatic rings. The number of hydrogen-bond acceptors (Lipinski definition) is 2. The van der Waals surface area contributed by atoms with E-state index in [2.05, 4.69) is 41.0 Å². The topological polar surface area (TPSA) is 41.1 Å². The highest BCUT2D eigenvalue weighted by Gasteiger charge is 2.53. The highest BCUT2D eigenvalue weighted by Crippen LogP contribution is 2.63. The van der Waals surface area contributed by atoms with Crippen molar-refractivity contribution >= 4 is 17.3 Å². The Morgan fingerprint density at radius 2 is 1.71 bits per heavy atom. The predicted molar refractivity (Wildman–Crippen MR) is 121 cm³/mol. The molecular weight excluding hydrogens is 387 g/mol. The number of para-hydroxylation sites is 1. The third kappa shape index (κ3) is 3.04. The molecule has 5 atom stereocenters. The van der Waals surface area contributed by atoms with Gasteiger partial charge in [-0.2, -0.15) is 0 Å². The first-order chi connectivity index (χ1) is 15.2. The maximum absolute atomic E-state index is 14.0. The summed E-state index contributed by atoms with van der Waals surface area (Å²) >= 11 is 0. The molecule has 0 unspecified atom stereocenters. The molecule has 2 saturated carbocycles. The van der Waals surface area contributed by atoms with Gasteiger partial charge in [0.1, 0.15) is 5.82 Å². The molecule has 2 aliphatic carbocycles. The van der Waals surface area contributed by atoms with Crippen LogP contribution in [0.4, 0.5) is 15.8 Å². The van der Waals surface area contributed by atoms with Crippen molar-refractivity contribution in [3.05, 3.63) is 95.3 Å². The van der Waals surface area contributed by atoms with Crippen molar-refractivity contribution in [3.63, 3.8) is 0 Å². The number of hydrogen-bond donors (Lipinski definition) is 2. The lowest BCUT2D eigenvalue weighted by Crippen LogP contribution is -2.35. The van der Waals surface area contributed by atoms with E-state index in [4.69, 9.17) is 0 Å². The van der Waals surface area contributed by atoms with Crippen molar-refractivity contribution < 1.29 is 9.18 Å². The first kappa shape index (κ1) is 18.6. The van der Waals surface area contributed by atoms with Crippen LogP contribution >= 0.6 is 0 Å². The number of carbonyl (C=O) groups is 1. The van der Waals surface area contributed by atoms with Crippen LogP contribution in [0.3, 0.4) is 0 Å². The molecule has 31 heavy (non-hydrogen) atoms. The second-order valence-corrected chi connectivity index (χ2v) is 9.21. The van der Waals surface area contributed by atoms with E-state index in [-0.39, 0.29) is 11.6 Å². The highest BCUT2D eigenvalue weighted by molar-refractivity contribution is 6.04. The van der Waals surface area contributed by atoms with E-state index < -0.39 is 5.82 Å². The lowest BCUT2D eigenvalue weighted by Gasteiger charge is -2.43. The molecule has 3 aromatic carbocycles. The Labute approximate surface area is 181 Å². The Kier molecular flexibility index (Phi) is 4.34. The smallest absolute Gasteiger partial charge is 0.255 e. The van der Waals surface area contributed by atoms with Gasteiger partial charge in [0.05, 0.1) is 11.7 Å². The minimum Gasteiger partial charge on any atom is -0.378 e. The minimum absolute atomic E-state index is 0.213. The molecule has 1 amide bonds. The zero-order valence-electron chi connectivity index (χ0n) is 17.2. The molecule has 4 heteroatoms. The summed E-state index contributed by atoms with van der Waals surface area (Å²) in [4.78, 5) is 12.9. The van der Waals surface area contributed by atoms with Crippen LogP contribution in [0.25, 0.3) is 0 Å². The van der Waals surface area contributed by atoms with Crippen LogP contribution in [0, 0.1) is 23.6 Å². The number of carbonyl (C=O) groups excluding carboxylic acids is 1. The minimum atomic E-state index is -0.422. The summed E-state index contributed by atoms with van der Waals surface area (Å²) in [6, 6.07) is 23.3. The van der Waals surface area contributed by atoms with Gasteiger partial charge in [-0.1, -0.05) is 42.5 Å². The summed E-state index contributed by atoms with van der Waals surface area (Å²) in [5.74, 6) is 1.76. The van der Waals surface area contributed by atoms with Crippen molar-refractivity contribution in [2.45, 2.75) is 31.2 Å². The van der Waals surface area contributed by atoms with Crippen LogP contribution in [0.1, 0.15) is 52.7 Å². The Balaban J connectivity index is 1.36. The molecule has 2 bridgehead atoms. The molecule has 6 rings (SSSR count). The number of fused-ring (bicyclic) bond motifs is 7. The lowest BCUT2D eigenvalue weighted by molar-refractivity contribution is 0.102. The van der Waals surface area contributed by atoms with Crippen LogP contribution in [0.2, 0.25) is 0 Å². The summed E-state index contributed by atoms with van der Waals surface area (Å²) in [6.07, 6.45) is 3.86. The van der Waals surface area contributed by atoms with Crippen LogP contribution in [-0.4, -0.2) is 5.91 Å². The van der Waals surface area contributed by atoms with Gasteiger partial charge in [-0.05, 0) is 84.4 Å². The molecule has 3 nitrogen and oxygen atoms in total. The van der Waals surface area contributed by atoms with E-state index in [9.17, 15) is 9.18 Å². The maximum Gasteiger partial charge on any atom is 0.255 e. The average molecular weight is 413 g/mol. The predicted octanol–water partition coefficient (Wildman–Crippen LogP) is 6.37. The molecule has 0 spiro atoms. The van der Waals surface area contributed by atoms with Crippen molar-refractivity contribution in [2.24, 2.45) is 17.8 Å². The average Bonchev–Trinajstić information content (AvgIpc) is 3.43. The van der Waals surface area contributed by atoms with E-state index in [0.29, 0.717) is 29.4 Å². The van der Waals surface area contributed by atoms with Gasteiger partial charge < -0.3 is 10.6 Å². The summed E-state index contributed by atoms with van der Waals surface area (Å²) in [6.45, 7) is 0. The molecule has 0 radical (unpaired) electrons. The summed E-state index contributed by atoms with van der Waals surface area (Å²) < 4.78 is 14.0. The fourth-order valence-corrected chi connectivity index (χ4v) is 6.37. The van der Waals surface area contributed by atoms with Crippen molar-refractivity contribution in [2.75, 3.05) is 10.6 Å². The first-order valence-corrected chi connectivity index (χ1v) is 11.2. The quantitative estimate of drug-likeness (QED) is 0.524. The standard InChI is InChI=1S/C27H25FN2O/c28-21-8-4-5-9-23(21)30-27(31)19-12-13-22-20(15-19)24-17-10-11-18(14-17)25(24)26(29-22)16-6-2-1-3-7-16/h1-9,12-13,15,17-18,24-26,29H,10-11,14H2,(H,30,31)/t17-,18+,24+,25-,26-/m0/s1. The van der Waals surface area contributed by atoms with E-state index in [0.717, 1.165) is 11.6 Å². The van der Waals surface area contributed by atoms with Gasteiger partial charge in [-0.25, -0.2) is 4.39 Å². The zero-order chi connectivity index (χ0) is 20.9. The van der Waals surface area contributed by atoms with Crippen LogP contribution < -0.4 is 10.6 Å². The maximum atomic E-state index is 14.0. The molecule has 1 aliphatic heterocycles. The number of nitrogens with one attached hydrogen (secondary N) is 2. The Hall–Kier alpha value is -3.14. The van der Waals surface area contributed by atoms with Crippen LogP contribution in [0.15, 0.2) is 72.8 Å². The Bertz CT molecular complexity index is 1140. The number of benzene rings is 3. The monoisotopic (exact) mass is 412 g/mol. The van der Waals surface area contributed by atoms with Gasteiger partial charge in [0.15, 0.2) is 0 Å². The zero-order valence-corrected chi connectivity index (χ0v) is 17.2. The summed E-state index contributed by atoms with van der Waals surface area (Å²) in [5.41, 5.74) is 4.53. The van der Waals surface area contributed by atoms with Gasteiger partial charge in [-0.15, -0.1) is 0 Å². The number of halogens is 1. The van der Waals surface area contributed by atoms with Crippen LogP contribution in [0.5, 0.6) is 0 Å². The lowest BCUT2D eigenvalue weighted by atomic mass is 9.68. The van der Waals surface area contributed by atoms with Gasteiger partial charge >= 0.3 is 0 Å². The third-order valence-corrected chi connectivity index (χ3v) is 7.63. The molecular formula is C27H25FN2O. The van der Waals surface area contributed by atoms with E-state index >= 15 is 0 Å². The fourth-order valence-electron chi connectivity index (χ4n) is 6.37. The van der Waals surface area contributed by atoms with Gasteiger partial charge in [0.25, 0.3) is 5.91 Å². The highest BCUT2D eigenvalue weighted by atomic mass is 19.1. The molecule has 0 aromatic heterocycles. The molecule has 156 valence electrons. The SMILES string of the molecule is O=C(Nc1ccccc1F)c1ccc2c(c1)[C@H]1[C@H]3CC[C@H](C3)[C@@H]1[C@H](c1ccccc1)N2. The summed E-state index contributed by atoms with van der Waals surface area (Å²) in [5, 5.41) is 6.53. The van der Waals surface area contributed by atoms with E-state index in [1.54, 1.807) is 18.2 Å². The van der Waals surface area contributed by atoms with Gasteiger partial charge in [-0.3, -0.25) is 4.79 Å². The molecule has 2 N–H and O–H groups in total. The third-order valence-electron chi connectivity index (χ3n) is 7.63. The summed E-state index contributed by atoms with van der Waals surface area (Å²) in [7, 11) is 0. The Morgan fingerprint density at radius 3 is 2.55 bits per heavy atom. The van der Waals surface area contributed by atoms with Crippen molar-refractivity contribution in [1.82, 2.24) is 0 Å². The second kappa shape index (κ2) is 7.23. The Morgan fingerprint density at radius 1 is 0.935 bits per heavy atom. The number of amides is 1. The van der Waals surface area contributed by atoms with Crippen LogP contribution in [-0.2, 0) is 0 Å². The largest absolute Gasteiger partial charge is 0.378 e. The number of rotatable bonds is 3. The van der Waals surface area contributed by atoms with Gasteiger partial charge in [0.2, 0.25) is 0 Å². The normalized spacial score (nSPS) is 27.8. The second-order valence-electron chi connectivity index (χ2n) is 9.21. The fraction of sp³-hybridized carbons (Fsp3) is 0.296. The molecule has 0 saturated heterocycles.